The fourth-order valence-corrected chi connectivity index (χ4v) is 2.55. The first-order valence-corrected chi connectivity index (χ1v) is 7.48. The zero-order valence-corrected chi connectivity index (χ0v) is 12.4. The van der Waals surface area contributed by atoms with Gasteiger partial charge in [0, 0.05) is 22.3 Å². The largest absolute Gasteiger partial charge is 0.492 e. The number of benzene rings is 2. The van der Waals surface area contributed by atoms with Gasteiger partial charge in [-0.1, -0.05) is 23.4 Å². The first kappa shape index (κ1) is 15.4. The zero-order chi connectivity index (χ0) is 15.1. The highest BCUT2D eigenvalue weighted by Gasteiger charge is 2.09. The van der Waals surface area contributed by atoms with Gasteiger partial charge in [0.2, 0.25) is 0 Å². The number of hydrogen-bond donors (Lipinski definition) is 1. The van der Waals surface area contributed by atoms with Crippen LogP contribution in [0.1, 0.15) is 12.5 Å². The van der Waals surface area contributed by atoms with Crippen molar-refractivity contribution in [2.75, 3.05) is 12.4 Å². The van der Waals surface area contributed by atoms with Crippen LogP contribution in [-0.2, 0) is 0 Å². The fraction of sp³-hybridized carbons (Fsp3) is 0.188. The van der Waals surface area contributed by atoms with Crippen molar-refractivity contribution < 1.29 is 14.3 Å². The minimum Gasteiger partial charge on any atom is -0.492 e. The molecule has 0 amide bonds. The van der Waals surface area contributed by atoms with Crippen molar-refractivity contribution in [3.05, 3.63) is 59.9 Å². The molecule has 0 heterocycles. The summed E-state index contributed by atoms with van der Waals surface area (Å²) in [7, 11) is 0. The second-order valence-corrected chi connectivity index (χ2v) is 5.50. The summed E-state index contributed by atoms with van der Waals surface area (Å²) in [5, 5.41) is 12.0. The lowest BCUT2D eigenvalue weighted by molar-refractivity contribution is 0.317. The lowest BCUT2D eigenvalue weighted by Gasteiger charge is -2.11. The molecule has 5 heteroatoms. The van der Waals surface area contributed by atoms with E-state index in [1.807, 2.05) is 30.3 Å². The maximum atomic E-state index is 13.3. The van der Waals surface area contributed by atoms with Gasteiger partial charge in [-0.15, -0.1) is 11.8 Å². The standard InChI is InChI=1S/C16H16FNO2S/c1-12(18-19)15-8-7-13(17)11-16(15)20-9-10-21-14-5-3-2-4-6-14/h2-8,11,19H,9-10H2,1H3. The van der Waals surface area contributed by atoms with Crippen molar-refractivity contribution in [1.29, 1.82) is 0 Å². The average molecular weight is 305 g/mol. The fourth-order valence-electron chi connectivity index (χ4n) is 1.80. The minimum atomic E-state index is -0.379. The van der Waals surface area contributed by atoms with Crippen LogP contribution in [0.4, 0.5) is 4.39 Å². The molecule has 110 valence electrons. The second kappa shape index (κ2) is 7.69. The molecule has 0 saturated heterocycles. The van der Waals surface area contributed by atoms with E-state index in [-0.39, 0.29) is 5.82 Å². The molecule has 2 aromatic rings. The SMILES string of the molecule is CC(=NO)c1ccc(F)cc1OCCSc1ccccc1. The third-order valence-electron chi connectivity index (χ3n) is 2.84. The number of rotatable bonds is 6. The van der Waals surface area contributed by atoms with E-state index in [1.165, 1.54) is 12.1 Å². The van der Waals surface area contributed by atoms with Crippen LogP contribution in [-0.4, -0.2) is 23.3 Å². The predicted molar refractivity (Wildman–Crippen MR) is 83.1 cm³/mol. The Morgan fingerprint density at radius 2 is 2.00 bits per heavy atom. The van der Waals surface area contributed by atoms with Crippen molar-refractivity contribution in [3.8, 4) is 5.75 Å². The van der Waals surface area contributed by atoms with Crippen LogP contribution in [0.3, 0.4) is 0 Å². The summed E-state index contributed by atoms with van der Waals surface area (Å²) in [5.74, 6) is 0.754. The highest BCUT2D eigenvalue weighted by atomic mass is 32.2. The van der Waals surface area contributed by atoms with Crippen LogP contribution in [0.5, 0.6) is 5.75 Å². The highest BCUT2D eigenvalue weighted by molar-refractivity contribution is 7.99. The van der Waals surface area contributed by atoms with E-state index in [9.17, 15) is 4.39 Å². The van der Waals surface area contributed by atoms with Gasteiger partial charge in [-0.05, 0) is 31.2 Å². The number of oxime groups is 1. The number of thioether (sulfide) groups is 1. The van der Waals surface area contributed by atoms with Crippen molar-refractivity contribution in [2.45, 2.75) is 11.8 Å². The van der Waals surface area contributed by atoms with E-state index in [0.717, 1.165) is 10.6 Å². The van der Waals surface area contributed by atoms with Crippen molar-refractivity contribution in [2.24, 2.45) is 5.16 Å². The maximum Gasteiger partial charge on any atom is 0.131 e. The van der Waals surface area contributed by atoms with Crippen molar-refractivity contribution in [3.63, 3.8) is 0 Å². The summed E-state index contributed by atoms with van der Waals surface area (Å²) in [6, 6.07) is 14.2. The van der Waals surface area contributed by atoms with Crippen LogP contribution in [0.25, 0.3) is 0 Å². The Morgan fingerprint density at radius 1 is 1.24 bits per heavy atom. The van der Waals surface area contributed by atoms with Gasteiger partial charge in [0.1, 0.15) is 11.6 Å². The van der Waals surface area contributed by atoms with Crippen LogP contribution in [0.2, 0.25) is 0 Å². The van der Waals surface area contributed by atoms with Gasteiger partial charge in [0.15, 0.2) is 0 Å². The van der Waals surface area contributed by atoms with E-state index in [4.69, 9.17) is 9.94 Å². The molecular formula is C16H16FNO2S. The molecule has 1 N–H and O–H groups in total. The molecule has 0 fully saturated rings. The van der Waals surface area contributed by atoms with Crippen LogP contribution < -0.4 is 4.74 Å². The second-order valence-electron chi connectivity index (χ2n) is 4.34. The van der Waals surface area contributed by atoms with E-state index in [0.29, 0.717) is 23.6 Å². The van der Waals surface area contributed by atoms with E-state index in [1.54, 1.807) is 24.8 Å². The Balaban J connectivity index is 1.95. The molecule has 3 nitrogen and oxygen atoms in total. The van der Waals surface area contributed by atoms with Crippen LogP contribution in [0, 0.1) is 5.82 Å². The predicted octanol–water partition coefficient (Wildman–Crippen LogP) is 4.20. The van der Waals surface area contributed by atoms with Crippen LogP contribution in [0.15, 0.2) is 58.6 Å². The number of hydrogen-bond acceptors (Lipinski definition) is 4. The highest BCUT2D eigenvalue weighted by Crippen LogP contribution is 2.22. The molecule has 2 rings (SSSR count). The smallest absolute Gasteiger partial charge is 0.131 e. The van der Waals surface area contributed by atoms with Gasteiger partial charge in [-0.25, -0.2) is 4.39 Å². The Bertz CT molecular complexity index is 617. The Labute approximate surface area is 127 Å². The van der Waals surface area contributed by atoms with Gasteiger partial charge in [0.05, 0.1) is 12.3 Å². The quantitative estimate of drug-likeness (QED) is 0.286. The molecule has 0 aliphatic rings. The number of halogens is 1. The lowest BCUT2D eigenvalue weighted by atomic mass is 10.1. The molecule has 2 aromatic carbocycles. The topological polar surface area (TPSA) is 41.8 Å². The third kappa shape index (κ3) is 4.49. The monoisotopic (exact) mass is 305 g/mol. The summed E-state index contributed by atoms with van der Waals surface area (Å²) >= 11 is 1.67. The molecule has 0 radical (unpaired) electrons. The molecule has 0 aromatic heterocycles. The molecule has 0 unspecified atom stereocenters. The first-order chi connectivity index (χ1) is 10.2. The number of ether oxygens (including phenoxy) is 1. The normalized spacial score (nSPS) is 11.4. The number of nitrogens with zero attached hydrogens (tertiary/aromatic N) is 1. The molecule has 21 heavy (non-hydrogen) atoms. The Morgan fingerprint density at radius 3 is 2.71 bits per heavy atom. The summed E-state index contributed by atoms with van der Waals surface area (Å²) in [6.07, 6.45) is 0. The van der Waals surface area contributed by atoms with Gasteiger partial charge in [0.25, 0.3) is 0 Å². The Hall–Kier alpha value is -2.01. The van der Waals surface area contributed by atoms with E-state index in [2.05, 4.69) is 5.16 Å². The summed E-state index contributed by atoms with van der Waals surface area (Å²) in [6.45, 7) is 2.08. The molecule has 0 saturated carbocycles. The molecule has 0 aliphatic carbocycles. The van der Waals surface area contributed by atoms with Gasteiger partial charge < -0.3 is 9.94 Å². The van der Waals surface area contributed by atoms with Crippen molar-refractivity contribution >= 4 is 17.5 Å². The third-order valence-corrected chi connectivity index (χ3v) is 3.81. The lowest BCUT2D eigenvalue weighted by Crippen LogP contribution is -2.05. The summed E-state index contributed by atoms with van der Waals surface area (Å²) in [5.41, 5.74) is 0.976. The average Bonchev–Trinajstić information content (AvgIpc) is 2.52. The zero-order valence-electron chi connectivity index (χ0n) is 11.6. The first-order valence-electron chi connectivity index (χ1n) is 6.50. The van der Waals surface area contributed by atoms with Gasteiger partial charge >= 0.3 is 0 Å². The summed E-state index contributed by atoms with van der Waals surface area (Å²) in [4.78, 5) is 1.16. The molecule has 0 bridgehead atoms. The van der Waals surface area contributed by atoms with Gasteiger partial charge in [-0.3, -0.25) is 0 Å². The molecule has 0 spiro atoms. The van der Waals surface area contributed by atoms with E-state index < -0.39 is 0 Å². The molecular weight excluding hydrogens is 289 g/mol. The molecule has 0 aliphatic heterocycles. The van der Waals surface area contributed by atoms with Gasteiger partial charge in [-0.2, -0.15) is 0 Å². The maximum absolute atomic E-state index is 13.3. The molecule has 0 atom stereocenters. The van der Waals surface area contributed by atoms with Crippen molar-refractivity contribution in [1.82, 2.24) is 0 Å². The summed E-state index contributed by atoms with van der Waals surface area (Å²) < 4.78 is 18.9. The van der Waals surface area contributed by atoms with E-state index >= 15 is 0 Å². The minimum absolute atomic E-state index is 0.379. The van der Waals surface area contributed by atoms with Crippen LogP contribution >= 0.6 is 11.8 Å². The Kier molecular flexibility index (Phi) is 5.63.